The summed E-state index contributed by atoms with van der Waals surface area (Å²) >= 11 is 0. The van der Waals surface area contributed by atoms with E-state index in [-0.39, 0.29) is 18.6 Å². The van der Waals surface area contributed by atoms with Crippen molar-refractivity contribution in [1.29, 1.82) is 0 Å². The monoisotopic (exact) mass is 230 g/mol. The fourth-order valence-electron chi connectivity index (χ4n) is 1.89. The first-order chi connectivity index (χ1) is 7.72. The molecule has 0 aliphatic heterocycles. The third-order valence-corrected chi connectivity index (χ3v) is 3.30. The summed E-state index contributed by atoms with van der Waals surface area (Å²) in [4.78, 5) is 0. The van der Waals surface area contributed by atoms with Crippen LogP contribution in [0.25, 0.3) is 0 Å². The summed E-state index contributed by atoms with van der Waals surface area (Å²) in [6, 6.07) is 0. The molecule has 0 saturated heterocycles. The van der Waals surface area contributed by atoms with E-state index in [1.54, 1.807) is 0 Å². The topological polar surface area (TPSA) is 40.5 Å². The molecule has 2 heteroatoms. The van der Waals surface area contributed by atoms with Gasteiger partial charge in [-0.15, -0.1) is 0 Å². The van der Waals surface area contributed by atoms with Gasteiger partial charge in [-0.25, -0.2) is 0 Å². The van der Waals surface area contributed by atoms with E-state index in [0.29, 0.717) is 0 Å². The predicted octanol–water partition coefficient (Wildman–Crippen LogP) is 3.51. The Balaban J connectivity index is 3.14. The maximum Gasteiger partial charge on any atom is 0.0587 e. The molecule has 0 aliphatic carbocycles. The Morgan fingerprint density at radius 1 is 0.875 bits per heavy atom. The van der Waals surface area contributed by atoms with E-state index in [2.05, 4.69) is 6.92 Å². The average molecular weight is 230 g/mol. The third kappa shape index (κ3) is 9.17. The molecule has 0 rings (SSSR count). The molecule has 2 unspecified atom stereocenters. The summed E-state index contributed by atoms with van der Waals surface area (Å²) < 4.78 is 0. The van der Waals surface area contributed by atoms with Crippen molar-refractivity contribution in [2.24, 2.45) is 5.92 Å². The van der Waals surface area contributed by atoms with Gasteiger partial charge in [0.1, 0.15) is 0 Å². The van der Waals surface area contributed by atoms with Gasteiger partial charge in [-0.1, -0.05) is 65.2 Å². The minimum atomic E-state index is -0.315. The minimum absolute atomic E-state index is 0.0320. The number of aliphatic hydroxyl groups is 2. The molecule has 0 aliphatic rings. The number of aliphatic hydroxyl groups excluding tert-OH is 2. The van der Waals surface area contributed by atoms with Gasteiger partial charge < -0.3 is 10.2 Å². The van der Waals surface area contributed by atoms with Gasteiger partial charge in [-0.05, 0) is 6.42 Å². The van der Waals surface area contributed by atoms with Crippen molar-refractivity contribution in [3.05, 3.63) is 0 Å². The second-order valence-electron chi connectivity index (χ2n) is 4.99. The molecule has 0 saturated carbocycles. The van der Waals surface area contributed by atoms with Crippen molar-refractivity contribution in [2.75, 3.05) is 6.61 Å². The van der Waals surface area contributed by atoms with Crippen LogP contribution in [0.5, 0.6) is 0 Å². The molecule has 2 atom stereocenters. The zero-order chi connectivity index (χ0) is 12.2. The molecule has 98 valence electrons. The Labute approximate surface area is 101 Å². The summed E-state index contributed by atoms with van der Waals surface area (Å²) in [5, 5.41) is 18.5. The highest BCUT2D eigenvalue weighted by atomic mass is 16.3. The molecular formula is C14H30O2. The lowest BCUT2D eigenvalue weighted by Crippen LogP contribution is -2.20. The Morgan fingerprint density at radius 2 is 1.38 bits per heavy atom. The Hall–Kier alpha value is -0.0800. The van der Waals surface area contributed by atoms with Crippen LogP contribution in [0, 0.1) is 5.92 Å². The van der Waals surface area contributed by atoms with Gasteiger partial charge in [-0.3, -0.25) is 0 Å². The summed E-state index contributed by atoms with van der Waals surface area (Å²) in [5.74, 6) is 0.0320. The van der Waals surface area contributed by atoms with Gasteiger partial charge in [0.25, 0.3) is 0 Å². The van der Waals surface area contributed by atoms with E-state index in [1.807, 2.05) is 6.92 Å². The van der Waals surface area contributed by atoms with Crippen LogP contribution < -0.4 is 0 Å². The molecule has 0 aromatic rings. The minimum Gasteiger partial charge on any atom is -0.396 e. The summed E-state index contributed by atoms with van der Waals surface area (Å²) in [6.07, 6.45) is 10.9. The van der Waals surface area contributed by atoms with E-state index < -0.39 is 0 Å². The molecule has 0 spiro atoms. The predicted molar refractivity (Wildman–Crippen MR) is 69.5 cm³/mol. The van der Waals surface area contributed by atoms with Crippen LogP contribution in [-0.2, 0) is 0 Å². The number of rotatable bonds is 11. The molecule has 0 amide bonds. The van der Waals surface area contributed by atoms with Crippen molar-refractivity contribution >= 4 is 0 Å². The molecular weight excluding hydrogens is 200 g/mol. The Morgan fingerprint density at radius 3 is 1.88 bits per heavy atom. The maximum absolute atomic E-state index is 9.63. The normalized spacial score (nSPS) is 15.0. The van der Waals surface area contributed by atoms with E-state index in [0.717, 1.165) is 12.8 Å². The Bertz CT molecular complexity index is 137. The first-order valence-corrected chi connectivity index (χ1v) is 7.01. The summed E-state index contributed by atoms with van der Waals surface area (Å²) in [6.45, 7) is 4.23. The van der Waals surface area contributed by atoms with Crippen molar-refractivity contribution in [1.82, 2.24) is 0 Å². The lowest BCUT2D eigenvalue weighted by atomic mass is 9.99. The lowest BCUT2D eigenvalue weighted by Gasteiger charge is -2.15. The molecule has 2 nitrogen and oxygen atoms in total. The fraction of sp³-hybridized carbons (Fsp3) is 1.00. The standard InChI is InChI=1S/C14H30O2/c1-3-4-5-6-7-8-9-10-11-14(16)13(2)12-15/h13-16H,3-12H2,1-2H3. The van der Waals surface area contributed by atoms with Crippen molar-refractivity contribution < 1.29 is 10.2 Å². The largest absolute Gasteiger partial charge is 0.396 e. The van der Waals surface area contributed by atoms with Crippen LogP contribution in [-0.4, -0.2) is 22.9 Å². The first kappa shape index (κ1) is 15.9. The van der Waals surface area contributed by atoms with Crippen molar-refractivity contribution in [3.8, 4) is 0 Å². The maximum atomic E-state index is 9.63. The zero-order valence-electron chi connectivity index (χ0n) is 11.1. The van der Waals surface area contributed by atoms with Gasteiger partial charge in [-0.2, -0.15) is 0 Å². The molecule has 0 aromatic heterocycles. The molecule has 0 radical (unpaired) electrons. The SMILES string of the molecule is CCCCCCCCCCC(O)C(C)CO. The quantitative estimate of drug-likeness (QED) is 0.533. The molecule has 0 bridgehead atoms. The molecule has 0 heterocycles. The van der Waals surface area contributed by atoms with Crippen molar-refractivity contribution in [2.45, 2.75) is 77.7 Å². The highest BCUT2D eigenvalue weighted by Gasteiger charge is 2.11. The number of hydrogen-bond acceptors (Lipinski definition) is 2. The second kappa shape index (κ2) is 11.4. The molecule has 0 fully saturated rings. The van der Waals surface area contributed by atoms with Gasteiger partial charge in [0.15, 0.2) is 0 Å². The number of hydrogen-bond donors (Lipinski definition) is 2. The summed E-state index contributed by atoms with van der Waals surface area (Å²) in [7, 11) is 0. The van der Waals surface area contributed by atoms with E-state index in [4.69, 9.17) is 5.11 Å². The van der Waals surface area contributed by atoms with E-state index in [1.165, 1.54) is 44.9 Å². The van der Waals surface area contributed by atoms with Crippen LogP contribution in [0.1, 0.15) is 71.6 Å². The average Bonchev–Trinajstić information content (AvgIpc) is 2.31. The third-order valence-electron chi connectivity index (χ3n) is 3.30. The Kier molecular flexibility index (Phi) is 11.3. The number of unbranched alkanes of at least 4 members (excludes halogenated alkanes) is 7. The van der Waals surface area contributed by atoms with Crippen LogP contribution in [0.4, 0.5) is 0 Å². The van der Waals surface area contributed by atoms with E-state index in [9.17, 15) is 5.11 Å². The van der Waals surface area contributed by atoms with Gasteiger partial charge in [0.05, 0.1) is 6.10 Å². The summed E-state index contributed by atoms with van der Waals surface area (Å²) in [5.41, 5.74) is 0. The second-order valence-corrected chi connectivity index (χ2v) is 4.99. The first-order valence-electron chi connectivity index (χ1n) is 7.01. The zero-order valence-corrected chi connectivity index (χ0v) is 11.1. The van der Waals surface area contributed by atoms with Gasteiger partial charge in [0, 0.05) is 12.5 Å². The van der Waals surface area contributed by atoms with Crippen molar-refractivity contribution in [3.63, 3.8) is 0 Å². The van der Waals surface area contributed by atoms with Gasteiger partial charge in [0.2, 0.25) is 0 Å². The van der Waals surface area contributed by atoms with E-state index >= 15 is 0 Å². The fourth-order valence-corrected chi connectivity index (χ4v) is 1.89. The van der Waals surface area contributed by atoms with Crippen LogP contribution in [0.3, 0.4) is 0 Å². The van der Waals surface area contributed by atoms with Crippen LogP contribution >= 0.6 is 0 Å². The molecule has 2 N–H and O–H groups in total. The molecule has 0 aromatic carbocycles. The van der Waals surface area contributed by atoms with Gasteiger partial charge >= 0.3 is 0 Å². The highest BCUT2D eigenvalue weighted by Crippen LogP contribution is 2.13. The molecule has 16 heavy (non-hydrogen) atoms. The van der Waals surface area contributed by atoms with Crippen LogP contribution in [0.15, 0.2) is 0 Å². The highest BCUT2D eigenvalue weighted by molar-refractivity contribution is 4.63. The smallest absolute Gasteiger partial charge is 0.0587 e. The van der Waals surface area contributed by atoms with Crippen LogP contribution in [0.2, 0.25) is 0 Å². The lowest BCUT2D eigenvalue weighted by molar-refractivity contribution is 0.0685.